The van der Waals surface area contributed by atoms with E-state index in [0.29, 0.717) is 19.1 Å². The third-order valence-electron chi connectivity index (χ3n) is 0.709. The molecule has 11 heavy (non-hydrogen) atoms. The van der Waals surface area contributed by atoms with Gasteiger partial charge in [0.2, 0.25) is 0 Å². The van der Waals surface area contributed by atoms with Crippen LogP contribution in [0.2, 0.25) is 0 Å². The fourth-order valence-corrected chi connectivity index (χ4v) is 0.483. The lowest BCUT2D eigenvalue weighted by Crippen LogP contribution is -2.08. The summed E-state index contributed by atoms with van der Waals surface area (Å²) in [6.07, 6.45) is 0. The van der Waals surface area contributed by atoms with Gasteiger partial charge in [-0.3, -0.25) is 4.89 Å². The lowest BCUT2D eigenvalue weighted by atomic mass is 10.7. The molecule has 0 aliphatic rings. The van der Waals surface area contributed by atoms with E-state index in [0.717, 1.165) is 0 Å². The molecule has 0 aromatic heterocycles. The Balaban J connectivity index is 2.85. The monoisotopic (exact) mass is 182 g/mol. The van der Waals surface area contributed by atoms with Crippen LogP contribution in [0.5, 0.6) is 0 Å². The summed E-state index contributed by atoms with van der Waals surface area (Å²) < 4.78 is 4.92. The molecule has 0 amide bonds. The van der Waals surface area contributed by atoms with E-state index in [4.69, 9.17) is 16.3 Å². The minimum Gasteiger partial charge on any atom is -0.378 e. The van der Waals surface area contributed by atoms with Crippen molar-refractivity contribution in [1.82, 2.24) is 0 Å². The van der Waals surface area contributed by atoms with Crippen molar-refractivity contribution in [2.45, 2.75) is 6.92 Å². The second-order valence-electron chi connectivity index (χ2n) is 1.70. The van der Waals surface area contributed by atoms with Crippen LogP contribution in [-0.2, 0) is 19.3 Å². The van der Waals surface area contributed by atoms with Gasteiger partial charge < -0.3 is 4.74 Å². The molecular weight excluding hydrogens is 172 g/mol. The van der Waals surface area contributed by atoms with E-state index in [1.54, 1.807) is 0 Å². The number of alkyl halides is 1. The topological polar surface area (TPSA) is 44.8 Å². The minimum absolute atomic E-state index is 0.233. The van der Waals surface area contributed by atoms with E-state index >= 15 is 0 Å². The Morgan fingerprint density at radius 3 is 2.64 bits per heavy atom. The third kappa shape index (κ3) is 9.68. The standard InChI is InChI=1S/C6H11ClO4/c1-6(8)11-10-5-4-9-3-2-7/h2-5H2,1H3. The van der Waals surface area contributed by atoms with E-state index in [1.165, 1.54) is 6.92 Å². The lowest BCUT2D eigenvalue weighted by molar-refractivity contribution is -0.274. The average molecular weight is 183 g/mol. The highest BCUT2D eigenvalue weighted by Crippen LogP contribution is 1.82. The second-order valence-corrected chi connectivity index (χ2v) is 2.08. The number of hydrogen-bond donors (Lipinski definition) is 0. The van der Waals surface area contributed by atoms with Crippen molar-refractivity contribution in [3.8, 4) is 0 Å². The van der Waals surface area contributed by atoms with Gasteiger partial charge in [-0.05, 0) is 0 Å². The summed E-state index contributed by atoms with van der Waals surface area (Å²) in [5.41, 5.74) is 0. The minimum atomic E-state index is -0.470. The molecule has 4 nitrogen and oxygen atoms in total. The predicted molar refractivity (Wildman–Crippen MR) is 39.3 cm³/mol. The molecule has 0 bridgehead atoms. The lowest BCUT2D eigenvalue weighted by Gasteiger charge is -2.01. The van der Waals surface area contributed by atoms with Crippen molar-refractivity contribution >= 4 is 17.6 Å². The average Bonchev–Trinajstić information content (AvgIpc) is 1.96. The molecule has 0 aromatic carbocycles. The Morgan fingerprint density at radius 1 is 1.36 bits per heavy atom. The first-order valence-electron chi connectivity index (χ1n) is 3.21. The second kappa shape index (κ2) is 7.78. The molecule has 0 heterocycles. The summed E-state index contributed by atoms with van der Waals surface area (Å²) in [6.45, 7) is 2.35. The van der Waals surface area contributed by atoms with E-state index in [2.05, 4.69) is 9.78 Å². The van der Waals surface area contributed by atoms with E-state index in [1.807, 2.05) is 0 Å². The number of ether oxygens (including phenoxy) is 1. The molecular formula is C6H11ClO4. The maximum Gasteiger partial charge on any atom is 0.339 e. The molecule has 0 aliphatic heterocycles. The molecule has 0 radical (unpaired) electrons. The van der Waals surface area contributed by atoms with Crippen LogP contribution in [0.25, 0.3) is 0 Å². The Labute approximate surface area is 70.3 Å². The predicted octanol–water partition coefficient (Wildman–Crippen LogP) is 0.736. The van der Waals surface area contributed by atoms with Crippen LogP contribution in [-0.4, -0.2) is 31.7 Å². The van der Waals surface area contributed by atoms with Gasteiger partial charge >= 0.3 is 5.97 Å². The largest absolute Gasteiger partial charge is 0.378 e. The molecule has 0 N–H and O–H groups in total. The molecule has 0 saturated carbocycles. The van der Waals surface area contributed by atoms with Crippen molar-refractivity contribution < 1.29 is 19.3 Å². The van der Waals surface area contributed by atoms with Crippen molar-refractivity contribution in [3.63, 3.8) is 0 Å². The van der Waals surface area contributed by atoms with Crippen LogP contribution in [0.15, 0.2) is 0 Å². The molecule has 0 fully saturated rings. The van der Waals surface area contributed by atoms with Gasteiger partial charge in [-0.1, -0.05) is 0 Å². The number of hydrogen-bond acceptors (Lipinski definition) is 4. The normalized spacial score (nSPS) is 9.64. The summed E-state index contributed by atoms with van der Waals surface area (Å²) >= 11 is 5.31. The van der Waals surface area contributed by atoms with Crippen LogP contribution >= 0.6 is 11.6 Å². The highest BCUT2D eigenvalue weighted by molar-refractivity contribution is 6.17. The molecule has 0 rings (SSSR count). The first-order chi connectivity index (χ1) is 5.27. The Kier molecular flexibility index (Phi) is 7.56. The third-order valence-corrected chi connectivity index (χ3v) is 0.863. The Bertz CT molecular complexity index is 107. The van der Waals surface area contributed by atoms with Gasteiger partial charge in [0.15, 0.2) is 0 Å². The Morgan fingerprint density at radius 2 is 2.09 bits per heavy atom. The van der Waals surface area contributed by atoms with Gasteiger partial charge in [-0.15, -0.1) is 11.6 Å². The first-order valence-corrected chi connectivity index (χ1v) is 3.74. The number of carbonyl (C=O) groups excluding carboxylic acids is 1. The van der Waals surface area contributed by atoms with Crippen LogP contribution in [0.4, 0.5) is 0 Å². The Hall–Kier alpha value is -0.320. The van der Waals surface area contributed by atoms with E-state index < -0.39 is 5.97 Å². The quantitative estimate of drug-likeness (QED) is 0.263. The van der Waals surface area contributed by atoms with Crippen molar-refractivity contribution in [2.24, 2.45) is 0 Å². The highest BCUT2D eigenvalue weighted by atomic mass is 35.5. The smallest absolute Gasteiger partial charge is 0.339 e. The zero-order valence-electron chi connectivity index (χ0n) is 6.34. The number of rotatable bonds is 6. The molecule has 0 saturated heterocycles. The summed E-state index contributed by atoms with van der Waals surface area (Å²) in [6, 6.07) is 0. The summed E-state index contributed by atoms with van der Waals surface area (Å²) in [4.78, 5) is 18.7. The van der Waals surface area contributed by atoms with Crippen LogP contribution in [0.1, 0.15) is 6.92 Å². The molecule has 0 spiro atoms. The summed E-state index contributed by atoms with van der Waals surface area (Å²) in [5, 5.41) is 0. The van der Waals surface area contributed by atoms with Crippen molar-refractivity contribution in [1.29, 1.82) is 0 Å². The zero-order chi connectivity index (χ0) is 8.53. The fourth-order valence-electron chi connectivity index (χ4n) is 0.374. The number of carbonyl (C=O) groups is 1. The summed E-state index contributed by atoms with van der Waals surface area (Å²) in [7, 11) is 0. The zero-order valence-corrected chi connectivity index (χ0v) is 7.10. The molecule has 0 atom stereocenters. The molecule has 66 valence electrons. The van der Waals surface area contributed by atoms with Gasteiger partial charge in [-0.25, -0.2) is 4.79 Å². The summed E-state index contributed by atoms with van der Waals surface area (Å²) in [5.74, 6) is -0.0181. The van der Waals surface area contributed by atoms with Gasteiger partial charge in [0.05, 0.1) is 13.2 Å². The van der Waals surface area contributed by atoms with Crippen molar-refractivity contribution in [2.75, 3.05) is 25.7 Å². The van der Waals surface area contributed by atoms with Gasteiger partial charge in [-0.2, -0.15) is 4.89 Å². The van der Waals surface area contributed by atoms with Crippen LogP contribution in [0, 0.1) is 0 Å². The van der Waals surface area contributed by atoms with Crippen molar-refractivity contribution in [3.05, 3.63) is 0 Å². The molecule has 5 heteroatoms. The van der Waals surface area contributed by atoms with Gasteiger partial charge in [0.25, 0.3) is 0 Å². The highest BCUT2D eigenvalue weighted by Gasteiger charge is 1.92. The molecule has 0 aromatic rings. The van der Waals surface area contributed by atoms with E-state index in [-0.39, 0.29) is 6.61 Å². The van der Waals surface area contributed by atoms with E-state index in [9.17, 15) is 4.79 Å². The maximum atomic E-state index is 10.1. The number of halogens is 1. The first kappa shape index (κ1) is 10.7. The van der Waals surface area contributed by atoms with Gasteiger partial charge in [0, 0.05) is 12.8 Å². The fraction of sp³-hybridized carbons (Fsp3) is 0.833. The van der Waals surface area contributed by atoms with Crippen LogP contribution in [0.3, 0.4) is 0 Å². The van der Waals surface area contributed by atoms with Gasteiger partial charge in [0.1, 0.15) is 6.61 Å². The van der Waals surface area contributed by atoms with Crippen LogP contribution < -0.4 is 0 Å². The molecule has 0 unspecified atom stereocenters. The molecule has 0 aliphatic carbocycles. The maximum absolute atomic E-state index is 10.1. The SMILES string of the molecule is CC(=O)OOCCOCCCl.